The van der Waals surface area contributed by atoms with Gasteiger partial charge in [-0.25, -0.2) is 4.39 Å². The van der Waals surface area contributed by atoms with E-state index in [4.69, 9.17) is 5.11 Å². The van der Waals surface area contributed by atoms with Gasteiger partial charge in [-0.2, -0.15) is 0 Å². The fourth-order valence-electron chi connectivity index (χ4n) is 1.34. The molecule has 0 aromatic heterocycles. The Hall–Kier alpha value is -0.960. The summed E-state index contributed by atoms with van der Waals surface area (Å²) in [6, 6.07) is 0. The van der Waals surface area contributed by atoms with Crippen LogP contribution < -0.4 is 0 Å². The highest BCUT2D eigenvalue weighted by molar-refractivity contribution is 6.01. The Kier molecular flexibility index (Phi) is 2.66. The highest BCUT2D eigenvalue weighted by atomic mass is 19.1. The molecule has 13 heavy (non-hydrogen) atoms. The zero-order valence-corrected chi connectivity index (χ0v) is 7.75. The van der Waals surface area contributed by atoms with Crippen molar-refractivity contribution in [2.24, 2.45) is 5.41 Å². The molecule has 0 aromatic carbocycles. The maximum atomic E-state index is 13.3. The molecule has 1 aliphatic rings. The lowest BCUT2D eigenvalue weighted by Crippen LogP contribution is -2.33. The summed E-state index contributed by atoms with van der Waals surface area (Å²) in [6.45, 7) is 2.84. The van der Waals surface area contributed by atoms with E-state index in [-0.39, 0.29) is 5.78 Å². The van der Waals surface area contributed by atoms with Gasteiger partial charge in [0.1, 0.15) is 6.17 Å². The number of ketones is 1. The third kappa shape index (κ3) is 1.70. The molecule has 2 atom stereocenters. The van der Waals surface area contributed by atoms with E-state index in [1.165, 1.54) is 18.2 Å². The number of alkyl halides is 1. The molecule has 1 aliphatic carbocycles. The molecule has 3 heteroatoms. The second-order valence-corrected chi connectivity index (χ2v) is 3.50. The molecule has 0 aliphatic heterocycles. The minimum absolute atomic E-state index is 0.125. The van der Waals surface area contributed by atoms with E-state index in [0.717, 1.165) is 0 Å². The van der Waals surface area contributed by atoms with Crippen LogP contribution >= 0.6 is 0 Å². The molecule has 0 spiro atoms. The number of aliphatic hydroxyl groups excluding tert-OH is 1. The summed E-state index contributed by atoms with van der Waals surface area (Å²) >= 11 is 0. The van der Waals surface area contributed by atoms with Crippen LogP contribution in [0.5, 0.6) is 0 Å². The molecule has 2 unspecified atom stereocenters. The zero-order chi connectivity index (χ0) is 10.1. The SMILES string of the molecule is CC1=CC(=O)C=CC1(C)C(F)CO. The van der Waals surface area contributed by atoms with Crippen molar-refractivity contribution in [1.82, 2.24) is 0 Å². The van der Waals surface area contributed by atoms with Gasteiger partial charge in [0.2, 0.25) is 0 Å². The number of hydrogen-bond donors (Lipinski definition) is 1. The van der Waals surface area contributed by atoms with Gasteiger partial charge in [0.05, 0.1) is 6.61 Å². The average molecular weight is 184 g/mol. The Labute approximate surface area is 76.8 Å². The third-order valence-electron chi connectivity index (χ3n) is 2.61. The maximum absolute atomic E-state index is 13.3. The highest BCUT2D eigenvalue weighted by Gasteiger charge is 2.35. The van der Waals surface area contributed by atoms with Crippen LogP contribution in [0.3, 0.4) is 0 Å². The van der Waals surface area contributed by atoms with Crippen molar-refractivity contribution in [3.63, 3.8) is 0 Å². The molecule has 0 aromatic rings. The summed E-state index contributed by atoms with van der Waals surface area (Å²) in [5.74, 6) is -0.125. The Balaban J connectivity index is 2.98. The molecule has 0 saturated heterocycles. The summed E-state index contributed by atoms with van der Waals surface area (Å²) in [5, 5.41) is 8.71. The minimum Gasteiger partial charge on any atom is -0.393 e. The van der Waals surface area contributed by atoms with Crippen molar-refractivity contribution in [3.05, 3.63) is 23.8 Å². The summed E-state index contributed by atoms with van der Waals surface area (Å²) in [7, 11) is 0. The lowest BCUT2D eigenvalue weighted by Gasteiger charge is -2.31. The van der Waals surface area contributed by atoms with Gasteiger partial charge in [-0.3, -0.25) is 4.79 Å². The van der Waals surface area contributed by atoms with Crippen molar-refractivity contribution in [2.75, 3.05) is 6.61 Å². The number of aliphatic hydroxyl groups is 1. The molecule has 2 nitrogen and oxygen atoms in total. The molecule has 0 radical (unpaired) electrons. The fraction of sp³-hybridized carbons (Fsp3) is 0.500. The predicted molar refractivity (Wildman–Crippen MR) is 48.0 cm³/mol. The zero-order valence-electron chi connectivity index (χ0n) is 7.75. The maximum Gasteiger partial charge on any atom is 0.178 e. The van der Waals surface area contributed by atoms with Crippen LogP contribution in [0.2, 0.25) is 0 Å². The van der Waals surface area contributed by atoms with Crippen LogP contribution in [0, 0.1) is 5.41 Å². The van der Waals surface area contributed by atoms with Crippen LogP contribution in [0.4, 0.5) is 4.39 Å². The predicted octanol–water partition coefficient (Wildman–Crippen LogP) is 1.41. The minimum atomic E-state index is -1.35. The number of rotatable bonds is 2. The van der Waals surface area contributed by atoms with Crippen LogP contribution in [-0.2, 0) is 4.79 Å². The summed E-state index contributed by atoms with van der Waals surface area (Å²) in [5.41, 5.74) is -0.176. The molecule has 0 saturated carbocycles. The first-order valence-corrected chi connectivity index (χ1v) is 4.17. The summed E-state index contributed by atoms with van der Waals surface area (Å²) in [4.78, 5) is 10.9. The van der Waals surface area contributed by atoms with Crippen LogP contribution in [-0.4, -0.2) is 23.7 Å². The second kappa shape index (κ2) is 3.42. The van der Waals surface area contributed by atoms with E-state index in [1.807, 2.05) is 0 Å². The van der Waals surface area contributed by atoms with E-state index in [2.05, 4.69) is 0 Å². The lowest BCUT2D eigenvalue weighted by molar-refractivity contribution is -0.110. The van der Waals surface area contributed by atoms with Gasteiger partial charge in [0.25, 0.3) is 0 Å². The molecule has 72 valence electrons. The van der Waals surface area contributed by atoms with Crippen LogP contribution in [0.15, 0.2) is 23.8 Å². The van der Waals surface area contributed by atoms with E-state index >= 15 is 0 Å². The fourth-order valence-corrected chi connectivity index (χ4v) is 1.34. The molecule has 0 bridgehead atoms. The lowest BCUT2D eigenvalue weighted by atomic mass is 9.75. The quantitative estimate of drug-likeness (QED) is 0.704. The second-order valence-electron chi connectivity index (χ2n) is 3.50. The Morgan fingerprint density at radius 3 is 2.77 bits per heavy atom. The third-order valence-corrected chi connectivity index (χ3v) is 2.61. The van der Waals surface area contributed by atoms with Gasteiger partial charge in [0.15, 0.2) is 5.78 Å². The Morgan fingerprint density at radius 1 is 1.69 bits per heavy atom. The molecule has 1 N–H and O–H groups in total. The molecule has 0 amide bonds. The number of carbonyl (C=O) groups excluding carboxylic acids is 1. The van der Waals surface area contributed by atoms with Crippen molar-refractivity contribution in [2.45, 2.75) is 20.0 Å². The average Bonchev–Trinajstić information content (AvgIpc) is 2.11. The normalized spacial score (nSPS) is 30.2. The van der Waals surface area contributed by atoms with Crippen molar-refractivity contribution >= 4 is 5.78 Å². The highest BCUT2D eigenvalue weighted by Crippen LogP contribution is 2.36. The van der Waals surface area contributed by atoms with E-state index in [9.17, 15) is 9.18 Å². The van der Waals surface area contributed by atoms with Gasteiger partial charge in [-0.05, 0) is 26.0 Å². The smallest absolute Gasteiger partial charge is 0.178 e. The molecule has 0 fully saturated rings. The number of hydrogen-bond acceptors (Lipinski definition) is 2. The van der Waals surface area contributed by atoms with Crippen LogP contribution in [0.25, 0.3) is 0 Å². The first kappa shape index (κ1) is 10.1. The van der Waals surface area contributed by atoms with Gasteiger partial charge in [-0.1, -0.05) is 11.6 Å². The Bertz CT molecular complexity index is 281. The van der Waals surface area contributed by atoms with E-state index in [1.54, 1.807) is 13.8 Å². The standard InChI is InChI=1S/C10H13FO2/c1-7-5-8(13)3-4-10(7,2)9(11)6-12/h3-5,9,12H,6H2,1-2H3. The topological polar surface area (TPSA) is 37.3 Å². The number of allylic oxidation sites excluding steroid dienone is 4. The number of halogens is 1. The molecule has 1 rings (SSSR count). The van der Waals surface area contributed by atoms with Gasteiger partial charge < -0.3 is 5.11 Å². The number of carbonyl (C=O) groups is 1. The van der Waals surface area contributed by atoms with Gasteiger partial charge in [-0.15, -0.1) is 0 Å². The molecule has 0 heterocycles. The Morgan fingerprint density at radius 2 is 2.31 bits per heavy atom. The first-order chi connectivity index (χ1) is 6.00. The van der Waals surface area contributed by atoms with Crippen molar-refractivity contribution in [3.8, 4) is 0 Å². The van der Waals surface area contributed by atoms with Gasteiger partial charge in [0, 0.05) is 5.41 Å². The van der Waals surface area contributed by atoms with Crippen LogP contribution in [0.1, 0.15) is 13.8 Å². The van der Waals surface area contributed by atoms with E-state index in [0.29, 0.717) is 5.57 Å². The van der Waals surface area contributed by atoms with Crippen molar-refractivity contribution < 1.29 is 14.3 Å². The van der Waals surface area contributed by atoms with E-state index < -0.39 is 18.2 Å². The van der Waals surface area contributed by atoms with Crippen molar-refractivity contribution in [1.29, 1.82) is 0 Å². The molecular formula is C10H13FO2. The first-order valence-electron chi connectivity index (χ1n) is 4.17. The summed E-state index contributed by atoms with van der Waals surface area (Å²) in [6.07, 6.45) is 2.91. The van der Waals surface area contributed by atoms with Gasteiger partial charge >= 0.3 is 0 Å². The molecular weight excluding hydrogens is 171 g/mol. The monoisotopic (exact) mass is 184 g/mol. The largest absolute Gasteiger partial charge is 0.393 e. The summed E-state index contributed by atoms with van der Waals surface area (Å²) < 4.78 is 13.3.